The highest BCUT2D eigenvalue weighted by Crippen LogP contribution is 2.45. The molecular weight excluding hydrogens is 1710 g/mol. The topological polar surface area (TPSA) is 260 Å². The van der Waals surface area contributed by atoms with E-state index in [0.717, 1.165) is 205 Å². The average Bonchev–Trinajstić information content (AvgIpc) is 1.58. The van der Waals surface area contributed by atoms with E-state index < -0.39 is 0 Å². The van der Waals surface area contributed by atoms with Crippen molar-refractivity contribution in [2.45, 2.75) is 0 Å². The fraction of sp³-hybridized carbons (Fsp3) is 0. The third kappa shape index (κ3) is 14.9. The number of aromatic nitrogens is 19. The van der Waals surface area contributed by atoms with Gasteiger partial charge in [0.25, 0.3) is 0 Å². The molecule has 22 nitrogen and oxygen atoms in total. The van der Waals surface area contributed by atoms with Crippen LogP contribution in [0.5, 0.6) is 0 Å². The zero-order valence-corrected chi connectivity index (χ0v) is 73.2. The molecule has 0 bridgehead atoms. The fourth-order valence-electron chi connectivity index (χ4n) is 18.2. The van der Waals surface area contributed by atoms with Crippen molar-refractivity contribution in [3.8, 4) is 153 Å². The minimum Gasteiger partial charge on any atom is -0.435 e. The lowest BCUT2D eigenvalue weighted by molar-refractivity contribution is 0.622. The number of para-hydroxylation sites is 3. The largest absolute Gasteiger partial charge is 0.435 e. The predicted octanol–water partition coefficient (Wildman–Crippen LogP) is 26.9. The van der Waals surface area contributed by atoms with Gasteiger partial charge >= 0.3 is 0 Å². The molecule has 0 amide bonds. The van der Waals surface area contributed by atoms with Crippen molar-refractivity contribution < 1.29 is 13.3 Å². The Hall–Kier alpha value is -19.5. The molecule has 0 saturated carbocycles. The Balaban J connectivity index is 0.000000110. The van der Waals surface area contributed by atoms with E-state index in [1.54, 1.807) is 74.4 Å². The van der Waals surface area contributed by atoms with E-state index in [4.69, 9.17) is 63.1 Å². The fourth-order valence-corrected chi connectivity index (χ4v) is 18.2. The van der Waals surface area contributed by atoms with Crippen molar-refractivity contribution in [3.63, 3.8) is 0 Å². The number of benzene rings is 12. The highest BCUT2D eigenvalue weighted by Gasteiger charge is 2.26. The van der Waals surface area contributed by atoms with Gasteiger partial charge in [-0.05, 0) is 212 Å². The van der Waals surface area contributed by atoms with Gasteiger partial charge in [-0.2, -0.15) is 0 Å². The summed E-state index contributed by atoms with van der Waals surface area (Å²) in [4.78, 5) is 74.3. The van der Waals surface area contributed by atoms with E-state index in [1.165, 1.54) is 0 Å². The van der Waals surface area contributed by atoms with E-state index in [1.807, 2.05) is 206 Å². The van der Waals surface area contributed by atoms with Crippen LogP contribution in [0, 0.1) is 0 Å². The Morgan fingerprint density at radius 3 is 0.732 bits per heavy atom. The van der Waals surface area contributed by atoms with Crippen LogP contribution in [0.25, 0.3) is 252 Å². The lowest BCUT2D eigenvalue weighted by Gasteiger charge is -2.12. The van der Waals surface area contributed by atoms with Gasteiger partial charge in [-0.3, -0.25) is 29.9 Å². The van der Waals surface area contributed by atoms with Crippen molar-refractivity contribution in [3.05, 3.63) is 432 Å². The van der Waals surface area contributed by atoms with Crippen molar-refractivity contribution in [1.82, 2.24) is 93.4 Å². The van der Waals surface area contributed by atoms with Crippen LogP contribution in [0.3, 0.4) is 0 Å². The lowest BCUT2D eigenvalue weighted by Crippen LogP contribution is -2.01. The summed E-state index contributed by atoms with van der Waals surface area (Å²) in [5, 5.41) is 6.38. The van der Waals surface area contributed by atoms with Gasteiger partial charge < -0.3 is 27.0 Å². The summed E-state index contributed by atoms with van der Waals surface area (Å²) in [7, 11) is 0. The SMILES string of the molecule is c1ccc(-c2nc3ccc4c(c5ccccc5n4-c4cccc(-c5cc(-c6ccncc6)nc(-c6ccncc6)n5)c4)c3o2)cc1.c1ccc(-c2nc3ccc4c(c5ccccc5n4-c4cccc(-c5nc(-c6ccncc6)cc(-c6ccncc6)n5)c4)c3o2)cc1.c1ccc(-c2nc3ccc4c(c5ccccc5n4-c4cccc(-c5nc(-c6ccncc6)nc(-c6ccncc6)n5)c4)c3o2)cc1. The molecule has 0 spiro atoms. The predicted molar refractivity (Wildman–Crippen MR) is 542 cm³/mol. The normalized spacial score (nSPS) is 11.5. The van der Waals surface area contributed by atoms with Crippen LogP contribution in [0.2, 0.25) is 0 Å². The molecule has 138 heavy (non-hydrogen) atoms. The molecule has 0 saturated heterocycles. The molecule has 0 aliphatic carbocycles. The van der Waals surface area contributed by atoms with Gasteiger partial charge in [-0.15, -0.1) is 0 Å². The summed E-state index contributed by atoms with van der Waals surface area (Å²) >= 11 is 0. The van der Waals surface area contributed by atoms with E-state index in [-0.39, 0.29) is 0 Å². The summed E-state index contributed by atoms with van der Waals surface area (Å²) in [6.45, 7) is 0. The first-order valence-electron chi connectivity index (χ1n) is 44.8. The molecule has 27 rings (SSSR count). The molecule has 0 aliphatic heterocycles. The first kappa shape index (κ1) is 80.6. The first-order valence-corrected chi connectivity index (χ1v) is 44.8. The molecule has 15 aromatic heterocycles. The third-order valence-electron chi connectivity index (χ3n) is 24.6. The third-order valence-corrected chi connectivity index (χ3v) is 24.6. The van der Waals surface area contributed by atoms with E-state index in [0.29, 0.717) is 46.8 Å². The number of fused-ring (bicyclic) bond motifs is 15. The van der Waals surface area contributed by atoms with Crippen LogP contribution < -0.4 is 0 Å². The summed E-state index contributed by atoms with van der Waals surface area (Å²) in [5.41, 5.74) is 28.5. The standard InChI is InChI=1S/2C39H24N6O.C38H23N7O/c1-2-7-27(8-3-1)39-44-31-13-14-35-36(37(31)46-39)30-11-4-5-12-34(30)45(35)29-10-6-9-28(23-29)33-24-32(25-15-19-40-20-16-25)42-38(43-33)26-17-21-41-22-18-26;1-2-7-27(8-3-1)39-44-31-13-14-35-36(37(31)46-39)30-11-4-5-12-34(30)45(35)29-10-6-9-28(23-29)38-42-32(25-15-19-40-20-16-25)24-33(43-38)26-17-21-41-22-18-26;1-2-7-26(8-3-1)38-41-30-13-14-32-33(34(30)46-38)29-11-4-5-12-31(29)45(32)28-10-6-9-27(23-28)37-43-35(24-15-19-39-20-16-24)42-36(44-37)25-17-21-40-22-18-25/h2*1-24H;1-23H. The van der Waals surface area contributed by atoms with Gasteiger partial charge in [0.15, 0.2) is 45.9 Å². The molecule has 0 N–H and O–H groups in total. The van der Waals surface area contributed by atoms with Crippen LogP contribution in [0.15, 0.2) is 446 Å². The lowest BCUT2D eigenvalue weighted by atomic mass is 10.1. The van der Waals surface area contributed by atoms with Gasteiger partial charge in [0, 0.05) is 174 Å². The molecule has 22 heteroatoms. The number of oxazole rings is 3. The summed E-state index contributed by atoms with van der Waals surface area (Å²) in [5.74, 6) is 4.81. The maximum absolute atomic E-state index is 6.48. The molecule has 27 aromatic rings. The Morgan fingerprint density at radius 1 is 0.167 bits per heavy atom. The molecule has 15 heterocycles. The minimum atomic E-state index is 0.571. The molecule has 0 fully saturated rings. The molecule has 0 radical (unpaired) electrons. The van der Waals surface area contributed by atoms with Gasteiger partial charge in [0.05, 0.1) is 72.0 Å². The van der Waals surface area contributed by atoms with E-state index in [2.05, 4.69) is 195 Å². The Morgan fingerprint density at radius 2 is 0.413 bits per heavy atom. The monoisotopic (exact) mass is 1780 g/mol. The van der Waals surface area contributed by atoms with Crippen LogP contribution in [0.4, 0.5) is 0 Å². The van der Waals surface area contributed by atoms with E-state index >= 15 is 0 Å². The van der Waals surface area contributed by atoms with Gasteiger partial charge in [-0.1, -0.05) is 146 Å². The number of pyridine rings is 6. The second-order valence-electron chi connectivity index (χ2n) is 32.9. The highest BCUT2D eigenvalue weighted by atomic mass is 16.4. The maximum atomic E-state index is 6.48. The maximum Gasteiger partial charge on any atom is 0.227 e. The smallest absolute Gasteiger partial charge is 0.227 e. The second kappa shape index (κ2) is 34.7. The van der Waals surface area contributed by atoms with Crippen LogP contribution in [0.1, 0.15) is 0 Å². The zero-order chi connectivity index (χ0) is 91.4. The molecule has 0 atom stereocenters. The van der Waals surface area contributed by atoms with Crippen molar-refractivity contribution in [1.29, 1.82) is 0 Å². The molecule has 12 aromatic carbocycles. The summed E-state index contributed by atoms with van der Waals surface area (Å²) in [6, 6.07) is 120. The molecule has 0 aliphatic rings. The van der Waals surface area contributed by atoms with Crippen molar-refractivity contribution in [2.24, 2.45) is 0 Å². The molecule has 648 valence electrons. The molecular formula is C116H71N19O3. The summed E-state index contributed by atoms with van der Waals surface area (Å²) in [6.07, 6.45) is 21.1. The van der Waals surface area contributed by atoms with Gasteiger partial charge in [0.2, 0.25) is 17.7 Å². The quantitative estimate of drug-likeness (QED) is 0.0923. The minimum absolute atomic E-state index is 0.571. The first-order chi connectivity index (χ1) is 68.4. The number of nitrogens with zero attached hydrogens (tertiary/aromatic N) is 19. The van der Waals surface area contributed by atoms with Gasteiger partial charge in [-0.25, -0.2) is 49.8 Å². The number of rotatable bonds is 15. The number of hydrogen-bond acceptors (Lipinski definition) is 19. The molecule has 0 unspecified atom stereocenters. The van der Waals surface area contributed by atoms with Crippen LogP contribution in [-0.4, -0.2) is 93.4 Å². The Bertz CT molecular complexity index is 8250. The average molecular weight is 1780 g/mol. The highest BCUT2D eigenvalue weighted by molar-refractivity contribution is 6.22. The van der Waals surface area contributed by atoms with Crippen LogP contribution >= 0.6 is 0 Å². The van der Waals surface area contributed by atoms with E-state index in [9.17, 15) is 0 Å². The van der Waals surface area contributed by atoms with Crippen molar-refractivity contribution in [2.75, 3.05) is 0 Å². The Kier molecular flexibility index (Phi) is 20.2. The van der Waals surface area contributed by atoms with Crippen molar-refractivity contribution >= 4 is 98.7 Å². The van der Waals surface area contributed by atoms with Crippen LogP contribution in [-0.2, 0) is 0 Å². The number of hydrogen-bond donors (Lipinski definition) is 0. The summed E-state index contributed by atoms with van der Waals surface area (Å²) < 4.78 is 26.2. The Labute approximate surface area is 786 Å². The van der Waals surface area contributed by atoms with Gasteiger partial charge in [0.1, 0.15) is 16.6 Å². The zero-order valence-electron chi connectivity index (χ0n) is 73.2. The second-order valence-corrected chi connectivity index (χ2v) is 32.9.